The number of fused-ring (bicyclic) bond motifs is 2. The van der Waals surface area contributed by atoms with Crippen molar-refractivity contribution in [1.29, 1.82) is 0 Å². The normalized spacial score (nSPS) is 13.6. The van der Waals surface area contributed by atoms with E-state index in [1.807, 2.05) is 24.3 Å². The molecule has 4 aromatic carbocycles. The minimum Gasteiger partial charge on any atom is -1.00 e. The Kier molecular flexibility index (Phi) is 10.4. The number of hydrogen-bond donors (Lipinski definition) is 0. The third kappa shape index (κ3) is 6.39. The van der Waals surface area contributed by atoms with Gasteiger partial charge in [-0.1, -0.05) is 0 Å². The maximum atomic E-state index is 6.66. The molecule has 0 nitrogen and oxygen atoms in total. The van der Waals surface area contributed by atoms with Crippen molar-refractivity contribution in [3.05, 3.63) is 155 Å². The first kappa shape index (κ1) is 35.0. The Labute approximate surface area is 298 Å². The molecule has 2 aliphatic rings. The van der Waals surface area contributed by atoms with Gasteiger partial charge in [-0.15, -0.1) is 0 Å². The predicted octanol–water partition coefficient (Wildman–Crippen LogP) is 3.49. The molecule has 0 radical (unpaired) electrons. The van der Waals surface area contributed by atoms with Gasteiger partial charge in [-0.25, -0.2) is 0 Å². The van der Waals surface area contributed by atoms with Gasteiger partial charge in [-0.2, -0.15) is 0 Å². The molecule has 0 saturated carbocycles. The van der Waals surface area contributed by atoms with E-state index in [2.05, 4.69) is 108 Å². The van der Waals surface area contributed by atoms with Crippen LogP contribution in [0.2, 0.25) is 10.0 Å². The fourth-order valence-corrected chi connectivity index (χ4v) is 7.84. The molecule has 0 aliphatic heterocycles. The molecule has 0 saturated heterocycles. The Morgan fingerprint density at radius 2 is 1.30 bits per heavy atom. The zero-order valence-electron chi connectivity index (χ0n) is 25.9. The SMILES string of the molecule is CC(C)(C)c1ccc2c(c1)=c1cc(C(C)(C)C)c(=C(c3cccc(Cl)c3)c3cccc(Cl)c3)c(C3=CC=CC3)c1[C]=2[Zr+2].[Cl-].[Cl-]. The fraction of sp³-hybridized carbons (Fsp3) is 0.231. The molecule has 0 heterocycles. The Balaban J connectivity index is 0.00000221. The second-order valence-electron chi connectivity index (χ2n) is 13.5. The minimum absolute atomic E-state index is 0. The van der Waals surface area contributed by atoms with Crippen molar-refractivity contribution in [3.63, 3.8) is 0 Å². The van der Waals surface area contributed by atoms with Crippen LogP contribution in [0.5, 0.6) is 0 Å². The molecule has 4 aromatic rings. The fourth-order valence-electron chi connectivity index (χ4n) is 6.29. The molecule has 44 heavy (non-hydrogen) atoms. The van der Waals surface area contributed by atoms with Crippen LogP contribution in [-0.4, -0.2) is 0 Å². The second kappa shape index (κ2) is 13.1. The first-order chi connectivity index (χ1) is 19.8. The molecular weight excluding hydrogens is 701 g/mol. The van der Waals surface area contributed by atoms with Crippen molar-refractivity contribution < 1.29 is 49.5 Å². The first-order valence-corrected chi connectivity index (χ1v) is 16.5. The van der Waals surface area contributed by atoms with Gasteiger partial charge in [0, 0.05) is 0 Å². The standard InChI is InChI=1S/C39H35Cl2.2ClH.Zr/c1-38(2,3)28-18-17-25-21-33-32(31(25)22-28)23-34(39(4,5)6)37(36(33)24-11-7-8-12-24)35(26-13-9-15-29(40)19-26)27-14-10-16-30(41)20-27;;;/h7-11,13-20,22-23H,12H2,1-6H3;2*1H;/q;;;+2/p-2. The third-order valence-electron chi connectivity index (χ3n) is 8.40. The van der Waals surface area contributed by atoms with Crippen LogP contribution in [0.25, 0.3) is 14.4 Å². The Hall–Kier alpha value is -1.86. The van der Waals surface area contributed by atoms with E-state index in [0.29, 0.717) is 0 Å². The van der Waals surface area contributed by atoms with E-state index in [1.165, 1.54) is 82.3 Å². The Morgan fingerprint density at radius 1 is 0.682 bits per heavy atom. The zero-order valence-corrected chi connectivity index (χ0v) is 31.4. The monoisotopic (exact) mass is 733 g/mol. The van der Waals surface area contributed by atoms with Crippen molar-refractivity contribution >= 4 is 37.6 Å². The van der Waals surface area contributed by atoms with Gasteiger partial charge in [0.15, 0.2) is 0 Å². The smallest absolute Gasteiger partial charge is 1.00 e. The van der Waals surface area contributed by atoms with Gasteiger partial charge in [0.05, 0.1) is 0 Å². The number of benzene rings is 4. The minimum atomic E-state index is -0.125. The van der Waals surface area contributed by atoms with E-state index in [1.54, 1.807) is 0 Å². The Bertz CT molecular complexity index is 2010. The maximum absolute atomic E-state index is 6.66. The van der Waals surface area contributed by atoms with Crippen LogP contribution >= 0.6 is 23.2 Å². The summed E-state index contributed by atoms with van der Waals surface area (Å²) in [7, 11) is 0. The van der Waals surface area contributed by atoms with Crippen molar-refractivity contribution in [3.8, 4) is 0 Å². The summed E-state index contributed by atoms with van der Waals surface area (Å²) in [5.41, 5.74) is 10.1. The summed E-state index contributed by atoms with van der Waals surface area (Å²) < 4.78 is 1.42. The van der Waals surface area contributed by atoms with Gasteiger partial charge in [0.2, 0.25) is 0 Å². The number of rotatable bonds is 3. The molecule has 0 spiro atoms. The van der Waals surface area contributed by atoms with Crippen molar-refractivity contribution in [2.45, 2.75) is 58.8 Å². The van der Waals surface area contributed by atoms with Crippen LogP contribution in [0.1, 0.15) is 81.3 Å². The average Bonchev–Trinajstić information content (AvgIpc) is 3.54. The van der Waals surface area contributed by atoms with E-state index in [-0.39, 0.29) is 35.6 Å². The molecule has 0 aromatic heterocycles. The van der Waals surface area contributed by atoms with Crippen LogP contribution in [0, 0.1) is 10.4 Å². The van der Waals surface area contributed by atoms with E-state index in [4.69, 9.17) is 23.2 Å². The van der Waals surface area contributed by atoms with Gasteiger partial charge >= 0.3 is 276 Å². The summed E-state index contributed by atoms with van der Waals surface area (Å²) in [6.45, 7) is 13.9. The van der Waals surface area contributed by atoms with Gasteiger partial charge in [0.25, 0.3) is 0 Å². The largest absolute Gasteiger partial charge is 1.00 e. The molecule has 6 rings (SSSR count). The summed E-state index contributed by atoms with van der Waals surface area (Å²) >= 11 is 14.7. The topological polar surface area (TPSA) is 0 Å². The number of allylic oxidation sites excluding steroid dienone is 4. The number of halogens is 4. The molecule has 223 valence electrons. The van der Waals surface area contributed by atoms with E-state index < -0.39 is 0 Å². The molecule has 5 heteroatoms. The van der Waals surface area contributed by atoms with Crippen LogP contribution in [-0.2, 0) is 35.5 Å². The summed E-state index contributed by atoms with van der Waals surface area (Å²) in [6, 6.07) is 26.2. The molecule has 0 fully saturated rings. The van der Waals surface area contributed by atoms with Gasteiger partial charge in [-0.3, -0.25) is 0 Å². The Morgan fingerprint density at radius 3 is 1.80 bits per heavy atom. The first-order valence-electron chi connectivity index (χ1n) is 14.6. The number of hydrogen-bond acceptors (Lipinski definition) is 0. The summed E-state index contributed by atoms with van der Waals surface area (Å²) in [4.78, 5) is 0. The van der Waals surface area contributed by atoms with Gasteiger partial charge in [0.1, 0.15) is 0 Å². The summed E-state index contributed by atoms with van der Waals surface area (Å²) in [5.74, 6) is 0. The molecule has 0 amide bonds. The third-order valence-corrected chi connectivity index (χ3v) is 10.1. The maximum Gasteiger partial charge on any atom is -1.00 e. The second-order valence-corrected chi connectivity index (χ2v) is 15.6. The predicted molar refractivity (Wildman–Crippen MR) is 176 cm³/mol. The summed E-state index contributed by atoms with van der Waals surface area (Å²) in [5, 5.41) is 6.82. The molecule has 2 aliphatic carbocycles. The van der Waals surface area contributed by atoms with Crippen molar-refractivity contribution in [2.24, 2.45) is 0 Å². The van der Waals surface area contributed by atoms with Crippen LogP contribution in [0.4, 0.5) is 0 Å². The van der Waals surface area contributed by atoms with Crippen molar-refractivity contribution in [2.75, 3.05) is 0 Å². The van der Waals surface area contributed by atoms with Crippen LogP contribution in [0.15, 0.2) is 91.0 Å². The molecule has 0 unspecified atom stereocenters. The van der Waals surface area contributed by atoms with Crippen LogP contribution < -0.4 is 35.3 Å². The quantitative estimate of drug-likeness (QED) is 0.303. The molecule has 0 bridgehead atoms. The molecule has 0 N–H and O–H groups in total. The van der Waals surface area contributed by atoms with Gasteiger partial charge < -0.3 is 24.8 Å². The van der Waals surface area contributed by atoms with E-state index in [0.717, 1.165) is 27.6 Å². The summed E-state index contributed by atoms with van der Waals surface area (Å²) in [6.07, 6.45) is 7.71. The van der Waals surface area contributed by atoms with Crippen LogP contribution in [0.3, 0.4) is 0 Å². The van der Waals surface area contributed by atoms with E-state index >= 15 is 0 Å². The average molecular weight is 737 g/mol. The van der Waals surface area contributed by atoms with Crippen molar-refractivity contribution in [1.82, 2.24) is 0 Å². The van der Waals surface area contributed by atoms with E-state index in [9.17, 15) is 0 Å². The van der Waals surface area contributed by atoms with Gasteiger partial charge in [-0.05, 0) is 0 Å². The molecule has 0 atom stereocenters. The molecular formula is C39H35Cl4Zr. The zero-order chi connectivity index (χ0) is 30.0.